The lowest BCUT2D eigenvalue weighted by atomic mass is 10.0. The van der Waals surface area contributed by atoms with E-state index in [0.717, 1.165) is 29.7 Å². The van der Waals surface area contributed by atoms with Gasteiger partial charge in [-0.25, -0.2) is 4.79 Å². The Balaban J connectivity index is 2.08. The second kappa shape index (κ2) is 7.58. The van der Waals surface area contributed by atoms with Crippen LogP contribution < -0.4 is 16.6 Å². The van der Waals surface area contributed by atoms with E-state index < -0.39 is 11.2 Å². The third-order valence-electron chi connectivity index (χ3n) is 3.74. The van der Waals surface area contributed by atoms with Gasteiger partial charge in [-0.2, -0.15) is 0 Å². The summed E-state index contributed by atoms with van der Waals surface area (Å²) in [7, 11) is 0. The highest BCUT2D eigenvalue weighted by Gasteiger charge is 2.10. The van der Waals surface area contributed by atoms with Crippen LogP contribution in [0.25, 0.3) is 0 Å². The fraction of sp³-hybridized carbons (Fsp3) is 0.353. The number of carbonyl (C=O) groups excluding carboxylic acids is 1. The quantitative estimate of drug-likeness (QED) is 0.851. The monoisotopic (exact) mass is 315 g/mol. The summed E-state index contributed by atoms with van der Waals surface area (Å²) in [5.74, 6) is -0.154. The van der Waals surface area contributed by atoms with Crippen molar-refractivity contribution in [2.75, 3.05) is 5.32 Å². The maximum absolute atomic E-state index is 12.2. The number of H-pyrrole nitrogens is 1. The third kappa shape index (κ3) is 4.18. The minimum Gasteiger partial charge on any atom is -0.326 e. The van der Waals surface area contributed by atoms with Gasteiger partial charge in [-0.1, -0.05) is 32.0 Å². The van der Waals surface area contributed by atoms with Gasteiger partial charge < -0.3 is 9.88 Å². The predicted molar refractivity (Wildman–Crippen MR) is 89.8 cm³/mol. The molecule has 2 rings (SSSR count). The molecule has 0 fully saturated rings. The summed E-state index contributed by atoms with van der Waals surface area (Å²) in [4.78, 5) is 37.0. The topological polar surface area (TPSA) is 84.0 Å². The molecule has 1 aromatic carbocycles. The highest BCUT2D eigenvalue weighted by Crippen LogP contribution is 2.22. The Morgan fingerprint density at radius 2 is 1.78 bits per heavy atom. The third-order valence-corrected chi connectivity index (χ3v) is 3.74. The number of para-hydroxylation sites is 1. The number of aryl methyl sites for hydroxylation is 3. The molecular weight excluding hydrogens is 294 g/mol. The van der Waals surface area contributed by atoms with Crippen molar-refractivity contribution in [2.45, 2.75) is 39.7 Å². The molecule has 0 bridgehead atoms. The number of carbonyl (C=O) groups is 1. The van der Waals surface area contributed by atoms with Gasteiger partial charge in [-0.3, -0.25) is 14.6 Å². The molecule has 0 spiro atoms. The summed E-state index contributed by atoms with van der Waals surface area (Å²) in [6, 6.07) is 7.26. The SMILES string of the molecule is CCc1cccc(CC)c1NC(=O)CCn1ccc(=O)[nH]c1=O. The molecule has 2 aromatic rings. The van der Waals surface area contributed by atoms with Gasteiger partial charge in [-0.15, -0.1) is 0 Å². The second-order valence-corrected chi connectivity index (χ2v) is 5.26. The highest BCUT2D eigenvalue weighted by molar-refractivity contribution is 5.92. The Morgan fingerprint density at radius 3 is 2.35 bits per heavy atom. The maximum atomic E-state index is 12.2. The zero-order valence-corrected chi connectivity index (χ0v) is 13.4. The van der Waals surface area contributed by atoms with Crippen molar-refractivity contribution in [3.05, 3.63) is 62.4 Å². The van der Waals surface area contributed by atoms with Gasteiger partial charge in [-0.05, 0) is 24.0 Å². The number of rotatable bonds is 6. The number of anilines is 1. The first-order valence-corrected chi connectivity index (χ1v) is 7.75. The normalized spacial score (nSPS) is 10.5. The first-order valence-electron chi connectivity index (χ1n) is 7.75. The lowest BCUT2D eigenvalue weighted by molar-refractivity contribution is -0.116. The Morgan fingerprint density at radius 1 is 1.13 bits per heavy atom. The van der Waals surface area contributed by atoms with Gasteiger partial charge in [0.05, 0.1) is 0 Å². The van der Waals surface area contributed by atoms with Crippen molar-refractivity contribution in [1.29, 1.82) is 0 Å². The van der Waals surface area contributed by atoms with Gasteiger partial charge in [0.2, 0.25) is 5.91 Å². The van der Waals surface area contributed by atoms with Crippen molar-refractivity contribution in [1.82, 2.24) is 9.55 Å². The largest absolute Gasteiger partial charge is 0.328 e. The summed E-state index contributed by atoms with van der Waals surface area (Å²) in [5.41, 5.74) is 2.11. The van der Waals surface area contributed by atoms with Crippen molar-refractivity contribution in [3.8, 4) is 0 Å². The van der Waals surface area contributed by atoms with Gasteiger partial charge in [0, 0.05) is 30.9 Å². The molecule has 0 atom stereocenters. The number of benzene rings is 1. The molecule has 1 amide bonds. The Kier molecular flexibility index (Phi) is 5.51. The van der Waals surface area contributed by atoms with Gasteiger partial charge in [0.15, 0.2) is 0 Å². The molecule has 0 aliphatic carbocycles. The van der Waals surface area contributed by atoms with Crippen LogP contribution in [-0.2, 0) is 24.2 Å². The Labute approximate surface area is 134 Å². The van der Waals surface area contributed by atoms with Crippen LogP contribution in [0.5, 0.6) is 0 Å². The highest BCUT2D eigenvalue weighted by atomic mass is 16.2. The van der Waals surface area contributed by atoms with Gasteiger partial charge >= 0.3 is 5.69 Å². The van der Waals surface area contributed by atoms with Crippen LogP contribution in [-0.4, -0.2) is 15.5 Å². The zero-order valence-electron chi connectivity index (χ0n) is 13.4. The van der Waals surface area contributed by atoms with E-state index in [9.17, 15) is 14.4 Å². The van der Waals surface area contributed by atoms with Crippen molar-refractivity contribution in [3.63, 3.8) is 0 Å². The molecular formula is C17H21N3O3. The smallest absolute Gasteiger partial charge is 0.326 e. The average Bonchev–Trinajstić information content (AvgIpc) is 2.54. The summed E-state index contributed by atoms with van der Waals surface area (Å²) < 4.78 is 1.31. The number of amides is 1. The summed E-state index contributed by atoms with van der Waals surface area (Å²) >= 11 is 0. The van der Waals surface area contributed by atoms with Gasteiger partial charge in [0.25, 0.3) is 5.56 Å². The molecule has 0 aliphatic heterocycles. The number of aromatic amines is 1. The van der Waals surface area contributed by atoms with Crippen LogP contribution >= 0.6 is 0 Å². The molecule has 6 heteroatoms. The molecule has 23 heavy (non-hydrogen) atoms. The number of nitrogens with zero attached hydrogens (tertiary/aromatic N) is 1. The fourth-order valence-corrected chi connectivity index (χ4v) is 2.45. The van der Waals surface area contributed by atoms with E-state index in [1.807, 2.05) is 32.0 Å². The summed E-state index contributed by atoms with van der Waals surface area (Å²) in [6.45, 7) is 4.31. The second-order valence-electron chi connectivity index (χ2n) is 5.26. The molecule has 122 valence electrons. The zero-order chi connectivity index (χ0) is 16.8. The van der Waals surface area contributed by atoms with Crippen LogP contribution in [0.4, 0.5) is 5.69 Å². The fourth-order valence-electron chi connectivity index (χ4n) is 2.45. The van der Waals surface area contributed by atoms with Crippen LogP contribution in [0.15, 0.2) is 40.1 Å². The van der Waals surface area contributed by atoms with Crippen LogP contribution in [0.3, 0.4) is 0 Å². The molecule has 0 unspecified atom stereocenters. The molecule has 0 radical (unpaired) electrons. The van der Waals surface area contributed by atoms with Crippen molar-refractivity contribution >= 4 is 11.6 Å². The number of aromatic nitrogens is 2. The number of nitrogens with one attached hydrogen (secondary N) is 2. The van der Waals surface area contributed by atoms with E-state index in [1.165, 1.54) is 16.8 Å². The lowest BCUT2D eigenvalue weighted by Crippen LogP contribution is -2.29. The summed E-state index contributed by atoms with van der Waals surface area (Å²) in [6.07, 6.45) is 3.23. The van der Waals surface area contributed by atoms with Crippen LogP contribution in [0, 0.1) is 0 Å². The van der Waals surface area contributed by atoms with Crippen molar-refractivity contribution in [2.24, 2.45) is 0 Å². The van der Waals surface area contributed by atoms with E-state index in [-0.39, 0.29) is 18.9 Å². The first kappa shape index (κ1) is 16.7. The van der Waals surface area contributed by atoms with Crippen LogP contribution in [0.2, 0.25) is 0 Å². The molecule has 0 saturated carbocycles. The number of hydrogen-bond donors (Lipinski definition) is 2. The Bertz CT molecular complexity index is 783. The molecule has 0 saturated heterocycles. The minimum absolute atomic E-state index is 0.154. The van der Waals surface area contributed by atoms with Crippen LogP contribution in [0.1, 0.15) is 31.4 Å². The standard InChI is InChI=1S/C17H21N3O3/c1-3-12-6-5-7-13(4-2)16(12)18-14(21)8-10-20-11-9-15(22)19-17(20)23/h5-7,9,11H,3-4,8,10H2,1-2H3,(H,18,21)(H,19,22,23). The van der Waals surface area contributed by atoms with Gasteiger partial charge in [0.1, 0.15) is 0 Å². The first-order chi connectivity index (χ1) is 11.0. The molecule has 2 N–H and O–H groups in total. The lowest BCUT2D eigenvalue weighted by Gasteiger charge is -2.14. The number of hydrogen-bond acceptors (Lipinski definition) is 3. The molecule has 6 nitrogen and oxygen atoms in total. The van der Waals surface area contributed by atoms with E-state index in [2.05, 4.69) is 10.3 Å². The predicted octanol–water partition coefficient (Wildman–Crippen LogP) is 1.69. The molecule has 0 aliphatic rings. The van der Waals surface area contributed by atoms with E-state index in [4.69, 9.17) is 0 Å². The minimum atomic E-state index is -0.506. The van der Waals surface area contributed by atoms with E-state index in [1.54, 1.807) is 0 Å². The summed E-state index contributed by atoms with van der Waals surface area (Å²) in [5, 5.41) is 2.96. The average molecular weight is 315 g/mol. The van der Waals surface area contributed by atoms with E-state index in [0.29, 0.717) is 0 Å². The Hall–Kier alpha value is -2.63. The molecule has 1 heterocycles. The van der Waals surface area contributed by atoms with Crippen molar-refractivity contribution < 1.29 is 4.79 Å². The van der Waals surface area contributed by atoms with E-state index >= 15 is 0 Å². The molecule has 1 aromatic heterocycles. The maximum Gasteiger partial charge on any atom is 0.328 e.